The SMILES string of the molecule is C=Cn1cncc1Cn1cnc(-c2ccc(F)cc2)c1-c1ccnc2[nH]ccc12. The van der Waals surface area contributed by atoms with Gasteiger partial charge in [-0.3, -0.25) is 0 Å². The fourth-order valence-electron chi connectivity index (χ4n) is 3.56. The van der Waals surface area contributed by atoms with E-state index in [0.29, 0.717) is 6.54 Å². The van der Waals surface area contributed by atoms with Gasteiger partial charge in [-0.1, -0.05) is 6.58 Å². The van der Waals surface area contributed by atoms with Crippen LogP contribution < -0.4 is 0 Å². The van der Waals surface area contributed by atoms with Crippen LogP contribution in [0.15, 0.2) is 74.2 Å². The molecule has 29 heavy (non-hydrogen) atoms. The monoisotopic (exact) mass is 384 g/mol. The fraction of sp³-hybridized carbons (Fsp3) is 0.0455. The summed E-state index contributed by atoms with van der Waals surface area (Å²) in [4.78, 5) is 16.4. The Hall–Kier alpha value is -4.00. The molecule has 4 heterocycles. The molecule has 0 saturated heterocycles. The molecule has 0 bridgehead atoms. The molecular formula is C22H17FN6. The lowest BCUT2D eigenvalue weighted by molar-refractivity contribution is 0.628. The predicted molar refractivity (Wildman–Crippen MR) is 110 cm³/mol. The Morgan fingerprint density at radius 2 is 1.93 bits per heavy atom. The van der Waals surface area contributed by atoms with E-state index in [9.17, 15) is 4.39 Å². The highest BCUT2D eigenvalue weighted by Crippen LogP contribution is 2.35. The molecule has 142 valence electrons. The van der Waals surface area contributed by atoms with Crippen LogP contribution in [0.4, 0.5) is 4.39 Å². The largest absolute Gasteiger partial charge is 0.346 e. The van der Waals surface area contributed by atoms with E-state index in [2.05, 4.69) is 31.1 Å². The summed E-state index contributed by atoms with van der Waals surface area (Å²) in [5.41, 5.74) is 5.33. The number of hydrogen-bond donors (Lipinski definition) is 1. The number of imidazole rings is 2. The van der Waals surface area contributed by atoms with Gasteiger partial charge in [0.1, 0.15) is 11.5 Å². The smallest absolute Gasteiger partial charge is 0.137 e. The van der Waals surface area contributed by atoms with Crippen LogP contribution in [0.2, 0.25) is 0 Å². The zero-order valence-corrected chi connectivity index (χ0v) is 15.5. The van der Waals surface area contributed by atoms with Crippen molar-refractivity contribution >= 4 is 17.2 Å². The van der Waals surface area contributed by atoms with Crippen molar-refractivity contribution in [1.29, 1.82) is 0 Å². The van der Waals surface area contributed by atoms with E-state index < -0.39 is 0 Å². The molecule has 4 aromatic heterocycles. The molecule has 0 atom stereocenters. The number of rotatable bonds is 5. The van der Waals surface area contributed by atoms with E-state index in [1.54, 1.807) is 37.2 Å². The first-order chi connectivity index (χ1) is 14.2. The molecule has 6 nitrogen and oxygen atoms in total. The van der Waals surface area contributed by atoms with Gasteiger partial charge in [0.05, 0.1) is 42.5 Å². The number of hydrogen-bond acceptors (Lipinski definition) is 3. The van der Waals surface area contributed by atoms with Crippen molar-refractivity contribution in [2.45, 2.75) is 6.54 Å². The second kappa shape index (κ2) is 6.87. The van der Waals surface area contributed by atoms with Crippen molar-refractivity contribution in [1.82, 2.24) is 29.1 Å². The second-order valence-corrected chi connectivity index (χ2v) is 6.65. The number of H-pyrrole nitrogens is 1. The number of halogens is 1. The predicted octanol–water partition coefficient (Wildman–Crippen LogP) is 4.58. The number of pyridine rings is 1. The average molecular weight is 384 g/mol. The van der Waals surface area contributed by atoms with Crippen molar-refractivity contribution in [3.8, 4) is 22.5 Å². The summed E-state index contributed by atoms with van der Waals surface area (Å²) < 4.78 is 17.4. The zero-order valence-electron chi connectivity index (χ0n) is 15.5. The van der Waals surface area contributed by atoms with E-state index in [1.165, 1.54) is 12.1 Å². The van der Waals surface area contributed by atoms with Gasteiger partial charge in [0, 0.05) is 35.1 Å². The Morgan fingerprint density at radius 1 is 1.07 bits per heavy atom. The Morgan fingerprint density at radius 3 is 2.76 bits per heavy atom. The lowest BCUT2D eigenvalue weighted by Crippen LogP contribution is -2.04. The molecular weight excluding hydrogens is 367 g/mol. The number of aromatic nitrogens is 6. The Labute approximate surface area is 166 Å². The minimum atomic E-state index is -0.276. The Balaban J connectivity index is 1.73. The summed E-state index contributed by atoms with van der Waals surface area (Å²) in [7, 11) is 0. The number of nitrogens with zero attached hydrogens (tertiary/aromatic N) is 5. The first-order valence-electron chi connectivity index (χ1n) is 9.11. The third-order valence-electron chi connectivity index (χ3n) is 4.95. The van der Waals surface area contributed by atoms with Crippen molar-refractivity contribution in [3.05, 3.63) is 85.7 Å². The van der Waals surface area contributed by atoms with Crippen molar-refractivity contribution < 1.29 is 4.39 Å². The zero-order chi connectivity index (χ0) is 19.8. The number of benzene rings is 1. The summed E-state index contributed by atoms with van der Waals surface area (Å²) in [6, 6.07) is 10.4. The van der Waals surface area contributed by atoms with E-state index in [1.807, 2.05) is 29.1 Å². The van der Waals surface area contributed by atoms with E-state index in [4.69, 9.17) is 0 Å². The maximum absolute atomic E-state index is 13.5. The molecule has 1 N–H and O–H groups in total. The van der Waals surface area contributed by atoms with Gasteiger partial charge in [0.25, 0.3) is 0 Å². The van der Waals surface area contributed by atoms with E-state index >= 15 is 0 Å². The van der Waals surface area contributed by atoms with Crippen LogP contribution in [0.25, 0.3) is 39.7 Å². The fourth-order valence-corrected chi connectivity index (χ4v) is 3.56. The summed E-state index contributed by atoms with van der Waals surface area (Å²) in [6.07, 6.45) is 10.7. The number of fused-ring (bicyclic) bond motifs is 1. The van der Waals surface area contributed by atoms with E-state index in [0.717, 1.165) is 39.2 Å². The molecule has 0 aliphatic heterocycles. The van der Waals surface area contributed by atoms with Crippen molar-refractivity contribution in [2.24, 2.45) is 0 Å². The van der Waals surface area contributed by atoms with Crippen LogP contribution in [0.5, 0.6) is 0 Å². The molecule has 0 spiro atoms. The number of nitrogens with one attached hydrogen (secondary N) is 1. The first kappa shape index (κ1) is 17.1. The third kappa shape index (κ3) is 2.93. The van der Waals surface area contributed by atoms with Gasteiger partial charge in [-0.15, -0.1) is 0 Å². The second-order valence-electron chi connectivity index (χ2n) is 6.65. The minimum absolute atomic E-state index is 0.276. The molecule has 0 radical (unpaired) electrons. The highest BCUT2D eigenvalue weighted by molar-refractivity contribution is 5.95. The molecule has 5 rings (SSSR count). The average Bonchev–Trinajstić information content (AvgIpc) is 3.48. The molecule has 5 aromatic rings. The van der Waals surface area contributed by atoms with Gasteiger partial charge in [-0.05, 0) is 36.4 Å². The lowest BCUT2D eigenvalue weighted by Gasteiger charge is -2.12. The summed E-state index contributed by atoms with van der Waals surface area (Å²) in [5, 5.41) is 0.995. The maximum Gasteiger partial charge on any atom is 0.137 e. The molecule has 7 heteroatoms. The Bertz CT molecular complexity index is 1310. The first-order valence-corrected chi connectivity index (χ1v) is 9.11. The van der Waals surface area contributed by atoms with Gasteiger partial charge in [-0.25, -0.2) is 19.3 Å². The van der Waals surface area contributed by atoms with Crippen molar-refractivity contribution in [2.75, 3.05) is 0 Å². The molecule has 0 saturated carbocycles. The van der Waals surface area contributed by atoms with Crippen LogP contribution in [0.3, 0.4) is 0 Å². The van der Waals surface area contributed by atoms with Gasteiger partial charge in [0.15, 0.2) is 0 Å². The van der Waals surface area contributed by atoms with Gasteiger partial charge in [0.2, 0.25) is 0 Å². The topological polar surface area (TPSA) is 64.3 Å². The third-order valence-corrected chi connectivity index (χ3v) is 4.95. The van der Waals surface area contributed by atoms with Gasteiger partial charge >= 0.3 is 0 Å². The van der Waals surface area contributed by atoms with Crippen LogP contribution >= 0.6 is 0 Å². The molecule has 1 aromatic carbocycles. The molecule has 0 unspecified atom stereocenters. The van der Waals surface area contributed by atoms with E-state index in [-0.39, 0.29) is 5.82 Å². The number of aromatic amines is 1. The van der Waals surface area contributed by atoms with Crippen molar-refractivity contribution in [3.63, 3.8) is 0 Å². The molecule has 0 fully saturated rings. The van der Waals surface area contributed by atoms with Crippen LogP contribution in [0.1, 0.15) is 5.69 Å². The highest BCUT2D eigenvalue weighted by Gasteiger charge is 2.19. The quantitative estimate of drug-likeness (QED) is 0.482. The normalized spacial score (nSPS) is 11.2. The summed E-state index contributed by atoms with van der Waals surface area (Å²) >= 11 is 0. The molecule has 0 amide bonds. The summed E-state index contributed by atoms with van der Waals surface area (Å²) in [5.74, 6) is -0.276. The van der Waals surface area contributed by atoms with Gasteiger partial charge < -0.3 is 14.1 Å². The Kier molecular flexibility index (Phi) is 4.05. The standard InChI is InChI=1S/C22H17FN6/c1-2-28-13-24-11-17(28)12-29-14-27-20(15-3-5-16(23)6-4-15)21(29)18-7-9-25-22-19(18)8-10-26-22/h2-11,13-14H,1,12H2,(H,25,26). The van der Waals surface area contributed by atoms with Gasteiger partial charge in [-0.2, -0.15) is 0 Å². The van der Waals surface area contributed by atoms with Crippen LogP contribution in [-0.4, -0.2) is 29.1 Å². The lowest BCUT2D eigenvalue weighted by atomic mass is 10.0. The summed E-state index contributed by atoms with van der Waals surface area (Å²) in [6.45, 7) is 4.39. The molecule has 0 aliphatic rings. The van der Waals surface area contributed by atoms with Crippen LogP contribution in [0, 0.1) is 5.82 Å². The maximum atomic E-state index is 13.5. The highest BCUT2D eigenvalue weighted by atomic mass is 19.1. The molecule has 0 aliphatic carbocycles. The van der Waals surface area contributed by atoms with Crippen LogP contribution in [-0.2, 0) is 6.54 Å². The minimum Gasteiger partial charge on any atom is -0.346 e.